The Labute approximate surface area is 108 Å². The molecule has 1 aliphatic rings. The molecule has 1 atom stereocenters. The monoisotopic (exact) mass is 236 g/mol. The van der Waals surface area contributed by atoms with Crippen LogP contribution in [-0.2, 0) is 5.41 Å². The van der Waals surface area contributed by atoms with Crippen LogP contribution >= 0.6 is 0 Å². The number of hydrogen-bond donors (Lipinski definition) is 0. The van der Waals surface area contributed by atoms with Crippen LogP contribution in [0.3, 0.4) is 0 Å². The predicted molar refractivity (Wildman–Crippen MR) is 74.0 cm³/mol. The van der Waals surface area contributed by atoms with E-state index < -0.39 is 0 Å². The summed E-state index contributed by atoms with van der Waals surface area (Å²) < 4.78 is 5.21. The first-order valence-electron chi connectivity index (χ1n) is 6.16. The van der Waals surface area contributed by atoms with Crippen molar-refractivity contribution in [2.75, 3.05) is 7.11 Å². The molecule has 1 heteroatoms. The summed E-state index contributed by atoms with van der Waals surface area (Å²) in [5.74, 6) is 0.897. The van der Waals surface area contributed by atoms with Gasteiger partial charge in [0.05, 0.1) is 7.11 Å². The van der Waals surface area contributed by atoms with Crippen molar-refractivity contribution in [1.82, 2.24) is 0 Å². The molecule has 0 aromatic heterocycles. The summed E-state index contributed by atoms with van der Waals surface area (Å²) in [6, 6.07) is 18.9. The SMILES string of the molecule is C=C1C[C@@]1(c1ccccc1)c1ccc(OC)cc1. The molecule has 1 fully saturated rings. The Balaban J connectivity index is 2.05. The summed E-state index contributed by atoms with van der Waals surface area (Å²) in [5.41, 5.74) is 3.96. The van der Waals surface area contributed by atoms with Crippen molar-refractivity contribution in [2.24, 2.45) is 0 Å². The van der Waals surface area contributed by atoms with Crippen LogP contribution in [0.5, 0.6) is 5.75 Å². The molecule has 1 saturated carbocycles. The third-order valence-electron chi connectivity index (χ3n) is 3.81. The van der Waals surface area contributed by atoms with E-state index >= 15 is 0 Å². The van der Waals surface area contributed by atoms with Gasteiger partial charge in [0.15, 0.2) is 0 Å². The van der Waals surface area contributed by atoms with Crippen LogP contribution in [0, 0.1) is 0 Å². The second kappa shape index (κ2) is 4.02. The van der Waals surface area contributed by atoms with Crippen molar-refractivity contribution in [1.29, 1.82) is 0 Å². The molecule has 1 nitrogen and oxygen atoms in total. The minimum Gasteiger partial charge on any atom is -0.497 e. The Kier molecular flexibility index (Phi) is 2.48. The average molecular weight is 236 g/mol. The van der Waals surface area contributed by atoms with Gasteiger partial charge in [-0.3, -0.25) is 0 Å². The van der Waals surface area contributed by atoms with Crippen LogP contribution in [0.25, 0.3) is 0 Å². The van der Waals surface area contributed by atoms with E-state index in [0.717, 1.165) is 12.2 Å². The van der Waals surface area contributed by atoms with Gasteiger partial charge in [-0.2, -0.15) is 0 Å². The minimum absolute atomic E-state index is 0.0352. The molecule has 1 aliphatic carbocycles. The Hall–Kier alpha value is -2.02. The van der Waals surface area contributed by atoms with Gasteiger partial charge in [0.25, 0.3) is 0 Å². The summed E-state index contributed by atoms with van der Waals surface area (Å²) in [6.07, 6.45) is 1.04. The highest BCUT2D eigenvalue weighted by atomic mass is 16.5. The zero-order valence-electron chi connectivity index (χ0n) is 10.5. The van der Waals surface area contributed by atoms with Gasteiger partial charge >= 0.3 is 0 Å². The number of ether oxygens (including phenoxy) is 1. The predicted octanol–water partition coefficient (Wildman–Crippen LogP) is 3.94. The first kappa shape index (κ1) is 11.1. The van der Waals surface area contributed by atoms with E-state index in [2.05, 4.69) is 49.0 Å². The summed E-state index contributed by atoms with van der Waals surface area (Å²) in [5, 5.41) is 0. The number of benzene rings is 2. The molecule has 0 unspecified atom stereocenters. The van der Waals surface area contributed by atoms with E-state index in [1.807, 2.05) is 12.1 Å². The normalized spacial score (nSPS) is 21.7. The maximum Gasteiger partial charge on any atom is 0.118 e. The molecule has 2 aromatic rings. The second-order valence-corrected chi connectivity index (χ2v) is 4.78. The van der Waals surface area contributed by atoms with Crippen LogP contribution in [0.1, 0.15) is 17.5 Å². The third kappa shape index (κ3) is 1.55. The van der Waals surface area contributed by atoms with Crippen LogP contribution in [0.15, 0.2) is 66.7 Å². The zero-order chi connectivity index (χ0) is 12.6. The van der Waals surface area contributed by atoms with E-state index in [9.17, 15) is 0 Å². The fourth-order valence-corrected chi connectivity index (χ4v) is 2.65. The number of hydrogen-bond acceptors (Lipinski definition) is 1. The van der Waals surface area contributed by atoms with Gasteiger partial charge in [0.2, 0.25) is 0 Å². The van der Waals surface area contributed by atoms with Crippen LogP contribution in [0.2, 0.25) is 0 Å². The average Bonchev–Trinajstić information content (AvgIpc) is 3.13. The van der Waals surface area contributed by atoms with E-state index in [0.29, 0.717) is 0 Å². The zero-order valence-corrected chi connectivity index (χ0v) is 10.5. The molecule has 0 heterocycles. The molecule has 0 aliphatic heterocycles. The van der Waals surface area contributed by atoms with Crippen LogP contribution in [-0.4, -0.2) is 7.11 Å². The van der Waals surface area contributed by atoms with Crippen molar-refractivity contribution >= 4 is 0 Å². The highest BCUT2D eigenvalue weighted by Gasteiger charge is 2.49. The summed E-state index contributed by atoms with van der Waals surface area (Å²) in [6.45, 7) is 4.18. The number of methoxy groups -OCH3 is 1. The second-order valence-electron chi connectivity index (χ2n) is 4.78. The molecular weight excluding hydrogens is 220 g/mol. The van der Waals surface area contributed by atoms with Crippen molar-refractivity contribution in [3.8, 4) is 5.75 Å². The molecule has 2 aromatic carbocycles. The number of allylic oxidation sites excluding steroid dienone is 1. The summed E-state index contributed by atoms with van der Waals surface area (Å²) in [7, 11) is 1.69. The van der Waals surface area contributed by atoms with Gasteiger partial charge in [-0.25, -0.2) is 0 Å². The van der Waals surface area contributed by atoms with Crippen molar-refractivity contribution in [3.05, 3.63) is 77.9 Å². The lowest BCUT2D eigenvalue weighted by Crippen LogP contribution is -2.08. The van der Waals surface area contributed by atoms with Gasteiger partial charge in [0.1, 0.15) is 5.75 Å². The molecule has 0 N–H and O–H groups in total. The van der Waals surface area contributed by atoms with E-state index in [1.165, 1.54) is 16.7 Å². The smallest absolute Gasteiger partial charge is 0.118 e. The van der Waals surface area contributed by atoms with Gasteiger partial charge in [-0.1, -0.05) is 54.6 Å². The van der Waals surface area contributed by atoms with Crippen LogP contribution < -0.4 is 4.74 Å². The molecule has 90 valence electrons. The minimum atomic E-state index is 0.0352. The van der Waals surface area contributed by atoms with Gasteiger partial charge in [0, 0.05) is 5.41 Å². The lowest BCUT2D eigenvalue weighted by molar-refractivity contribution is 0.414. The lowest BCUT2D eigenvalue weighted by Gasteiger charge is -2.16. The Morgan fingerprint density at radius 1 is 0.944 bits per heavy atom. The molecule has 0 amide bonds. The first-order valence-corrected chi connectivity index (χ1v) is 6.16. The van der Waals surface area contributed by atoms with Crippen molar-refractivity contribution in [3.63, 3.8) is 0 Å². The highest BCUT2D eigenvalue weighted by Crippen LogP contribution is 2.57. The molecular formula is C17H16O. The van der Waals surface area contributed by atoms with E-state index in [-0.39, 0.29) is 5.41 Å². The molecule has 3 rings (SSSR count). The Morgan fingerprint density at radius 2 is 1.50 bits per heavy atom. The molecule has 0 radical (unpaired) electrons. The van der Waals surface area contributed by atoms with Crippen molar-refractivity contribution < 1.29 is 4.74 Å². The molecule has 18 heavy (non-hydrogen) atoms. The van der Waals surface area contributed by atoms with Gasteiger partial charge in [-0.05, 0) is 29.7 Å². The van der Waals surface area contributed by atoms with E-state index in [4.69, 9.17) is 4.74 Å². The first-order chi connectivity index (χ1) is 8.77. The van der Waals surface area contributed by atoms with Gasteiger partial charge < -0.3 is 4.74 Å². The maximum absolute atomic E-state index is 5.21. The fraction of sp³-hybridized carbons (Fsp3) is 0.176. The standard InChI is InChI=1S/C17H16O/c1-13-12-17(13,14-6-4-3-5-7-14)15-8-10-16(18-2)11-9-15/h3-11H,1,12H2,2H3/t17-/m1/s1. The third-order valence-corrected chi connectivity index (χ3v) is 3.81. The highest BCUT2D eigenvalue weighted by molar-refractivity contribution is 5.59. The fourth-order valence-electron chi connectivity index (χ4n) is 2.65. The Bertz CT molecular complexity index is 568. The van der Waals surface area contributed by atoms with Crippen LogP contribution in [0.4, 0.5) is 0 Å². The Morgan fingerprint density at radius 3 is 2.00 bits per heavy atom. The maximum atomic E-state index is 5.21. The summed E-state index contributed by atoms with van der Waals surface area (Å²) >= 11 is 0. The van der Waals surface area contributed by atoms with E-state index in [1.54, 1.807) is 7.11 Å². The molecule has 0 saturated heterocycles. The lowest BCUT2D eigenvalue weighted by atomic mass is 9.87. The molecule has 0 bridgehead atoms. The molecule has 0 spiro atoms. The topological polar surface area (TPSA) is 9.23 Å². The number of rotatable bonds is 3. The largest absolute Gasteiger partial charge is 0.497 e. The van der Waals surface area contributed by atoms with Gasteiger partial charge in [-0.15, -0.1) is 0 Å². The van der Waals surface area contributed by atoms with Crippen molar-refractivity contribution in [2.45, 2.75) is 11.8 Å². The quantitative estimate of drug-likeness (QED) is 0.733. The summed E-state index contributed by atoms with van der Waals surface area (Å²) in [4.78, 5) is 0.